The summed E-state index contributed by atoms with van der Waals surface area (Å²) in [6, 6.07) is 5.46. The van der Waals surface area contributed by atoms with Crippen LogP contribution in [0.4, 0.5) is 8.78 Å². The molecule has 0 aromatic heterocycles. The Morgan fingerprint density at radius 1 is 1.39 bits per heavy atom. The second kappa shape index (κ2) is 7.25. The van der Waals surface area contributed by atoms with Crippen LogP contribution in [0.2, 0.25) is 0 Å². The second-order valence-electron chi connectivity index (χ2n) is 6.26. The first kappa shape index (κ1) is 17.7. The molecule has 2 rings (SSSR count). The Labute approximate surface area is 134 Å². The number of aliphatic carboxylic acids is 1. The first-order valence-corrected chi connectivity index (χ1v) is 7.81. The van der Waals surface area contributed by atoms with Crippen molar-refractivity contribution in [3.63, 3.8) is 0 Å². The lowest BCUT2D eigenvalue weighted by atomic mass is 10.0. The van der Waals surface area contributed by atoms with E-state index in [2.05, 4.69) is 5.32 Å². The van der Waals surface area contributed by atoms with Gasteiger partial charge in [0, 0.05) is 18.9 Å². The number of carboxylic acid groups (broad SMARTS) is 1. The van der Waals surface area contributed by atoms with Crippen LogP contribution in [0, 0.1) is 5.92 Å². The highest BCUT2D eigenvalue weighted by Gasteiger charge is 2.41. The molecule has 1 aromatic rings. The number of alkyl halides is 2. The molecular weight excluding hydrogens is 304 g/mol. The molecule has 6 heteroatoms. The standard InChI is InChI=1S/C17H23F2NO3/c1-11(13-5-7-14(23-2)8-6-13)20-15(16(21)22)10-17(18,19)9-12-3-4-12/h5-8,11-12,15,20H,3-4,9-10H2,1-2H3,(H,21,22)/t11?,15-/m0/s1. The Balaban J connectivity index is 1.98. The highest BCUT2D eigenvalue weighted by molar-refractivity contribution is 5.73. The van der Waals surface area contributed by atoms with Crippen LogP contribution in [0.25, 0.3) is 0 Å². The topological polar surface area (TPSA) is 58.6 Å². The van der Waals surface area contributed by atoms with E-state index in [0.717, 1.165) is 18.4 Å². The number of hydrogen-bond acceptors (Lipinski definition) is 3. The molecule has 0 heterocycles. The van der Waals surface area contributed by atoms with Gasteiger partial charge in [0.2, 0.25) is 0 Å². The number of rotatable bonds is 9. The van der Waals surface area contributed by atoms with Gasteiger partial charge >= 0.3 is 5.97 Å². The second-order valence-corrected chi connectivity index (χ2v) is 6.26. The molecule has 0 radical (unpaired) electrons. The minimum absolute atomic E-state index is 0.0541. The van der Waals surface area contributed by atoms with Gasteiger partial charge in [-0.1, -0.05) is 12.1 Å². The average molecular weight is 327 g/mol. The molecule has 4 nitrogen and oxygen atoms in total. The lowest BCUT2D eigenvalue weighted by Crippen LogP contribution is -2.42. The maximum Gasteiger partial charge on any atom is 0.320 e. The number of nitrogens with one attached hydrogen (secondary N) is 1. The van der Waals surface area contributed by atoms with Crippen molar-refractivity contribution in [3.8, 4) is 5.75 Å². The normalized spacial score (nSPS) is 17.6. The molecule has 0 amide bonds. The van der Waals surface area contributed by atoms with E-state index in [1.165, 1.54) is 0 Å². The van der Waals surface area contributed by atoms with Crippen LogP contribution in [0.5, 0.6) is 5.75 Å². The van der Waals surface area contributed by atoms with Crippen molar-refractivity contribution in [1.29, 1.82) is 0 Å². The minimum Gasteiger partial charge on any atom is -0.497 e. The molecule has 1 aromatic carbocycles. The molecule has 1 aliphatic carbocycles. The van der Waals surface area contributed by atoms with Crippen molar-refractivity contribution >= 4 is 5.97 Å². The molecule has 128 valence electrons. The van der Waals surface area contributed by atoms with Crippen molar-refractivity contribution in [2.75, 3.05) is 7.11 Å². The Kier molecular flexibility index (Phi) is 5.57. The third-order valence-corrected chi connectivity index (χ3v) is 4.15. The van der Waals surface area contributed by atoms with Gasteiger partial charge in [0.15, 0.2) is 0 Å². The van der Waals surface area contributed by atoms with E-state index in [4.69, 9.17) is 4.74 Å². The maximum absolute atomic E-state index is 14.0. The summed E-state index contributed by atoms with van der Waals surface area (Å²) >= 11 is 0. The van der Waals surface area contributed by atoms with Crippen LogP contribution in [0.15, 0.2) is 24.3 Å². The van der Waals surface area contributed by atoms with Crippen LogP contribution in [-0.2, 0) is 4.79 Å². The van der Waals surface area contributed by atoms with E-state index in [1.54, 1.807) is 38.3 Å². The van der Waals surface area contributed by atoms with E-state index in [0.29, 0.717) is 5.75 Å². The Morgan fingerprint density at radius 3 is 2.48 bits per heavy atom. The Hall–Kier alpha value is -1.69. The number of ether oxygens (including phenoxy) is 1. The van der Waals surface area contributed by atoms with E-state index in [-0.39, 0.29) is 18.4 Å². The van der Waals surface area contributed by atoms with Gasteiger partial charge in [-0.15, -0.1) is 0 Å². The average Bonchev–Trinajstić information content (AvgIpc) is 3.29. The van der Waals surface area contributed by atoms with Crippen molar-refractivity contribution in [3.05, 3.63) is 29.8 Å². The van der Waals surface area contributed by atoms with Crippen LogP contribution >= 0.6 is 0 Å². The summed E-state index contributed by atoms with van der Waals surface area (Å²) in [7, 11) is 1.55. The van der Waals surface area contributed by atoms with Gasteiger partial charge in [-0.2, -0.15) is 0 Å². The SMILES string of the molecule is COc1ccc(C(C)N[C@@H](CC(F)(F)CC2CC2)C(=O)O)cc1. The zero-order valence-corrected chi connectivity index (χ0v) is 13.4. The lowest BCUT2D eigenvalue weighted by Gasteiger charge is -2.25. The van der Waals surface area contributed by atoms with Crippen LogP contribution in [0.3, 0.4) is 0 Å². The van der Waals surface area contributed by atoms with Gasteiger partial charge in [-0.05, 0) is 43.4 Å². The molecule has 1 unspecified atom stereocenters. The van der Waals surface area contributed by atoms with Gasteiger partial charge in [0.05, 0.1) is 7.11 Å². The molecule has 2 atom stereocenters. The maximum atomic E-state index is 14.0. The number of methoxy groups -OCH3 is 1. The monoisotopic (exact) mass is 327 g/mol. The van der Waals surface area contributed by atoms with Crippen LogP contribution in [0.1, 0.15) is 44.2 Å². The highest BCUT2D eigenvalue weighted by atomic mass is 19.3. The first-order valence-electron chi connectivity index (χ1n) is 7.81. The zero-order chi connectivity index (χ0) is 17.0. The highest BCUT2D eigenvalue weighted by Crippen LogP contribution is 2.41. The molecule has 1 saturated carbocycles. The van der Waals surface area contributed by atoms with E-state index in [1.807, 2.05) is 0 Å². The molecular formula is C17H23F2NO3. The van der Waals surface area contributed by atoms with Gasteiger partial charge in [-0.25, -0.2) is 8.78 Å². The van der Waals surface area contributed by atoms with Gasteiger partial charge in [0.25, 0.3) is 5.92 Å². The third-order valence-electron chi connectivity index (χ3n) is 4.15. The summed E-state index contributed by atoms with van der Waals surface area (Å²) in [5.41, 5.74) is 0.822. The van der Waals surface area contributed by atoms with Crippen molar-refractivity contribution < 1.29 is 23.4 Å². The summed E-state index contributed by atoms with van der Waals surface area (Å²) in [5.74, 6) is -3.46. The minimum atomic E-state index is -2.95. The summed E-state index contributed by atoms with van der Waals surface area (Å²) in [4.78, 5) is 11.3. The largest absolute Gasteiger partial charge is 0.497 e. The number of benzene rings is 1. The quantitative estimate of drug-likeness (QED) is 0.727. The molecule has 0 aliphatic heterocycles. The first-order chi connectivity index (χ1) is 10.8. The summed E-state index contributed by atoms with van der Waals surface area (Å²) in [5, 5.41) is 12.0. The van der Waals surface area contributed by atoms with Crippen molar-refractivity contribution in [1.82, 2.24) is 5.32 Å². The van der Waals surface area contributed by atoms with Crippen LogP contribution < -0.4 is 10.1 Å². The molecule has 2 N–H and O–H groups in total. The van der Waals surface area contributed by atoms with E-state index < -0.39 is 24.4 Å². The molecule has 23 heavy (non-hydrogen) atoms. The smallest absolute Gasteiger partial charge is 0.320 e. The number of carboxylic acids is 1. The van der Waals surface area contributed by atoms with Crippen LogP contribution in [-0.4, -0.2) is 30.2 Å². The van der Waals surface area contributed by atoms with Gasteiger partial charge < -0.3 is 9.84 Å². The zero-order valence-electron chi connectivity index (χ0n) is 13.4. The van der Waals surface area contributed by atoms with Gasteiger partial charge in [-0.3, -0.25) is 10.1 Å². The predicted molar refractivity (Wildman–Crippen MR) is 82.9 cm³/mol. The van der Waals surface area contributed by atoms with Crippen molar-refractivity contribution in [2.24, 2.45) is 5.92 Å². The van der Waals surface area contributed by atoms with E-state index in [9.17, 15) is 18.7 Å². The molecule has 1 aliphatic rings. The molecule has 0 bridgehead atoms. The summed E-state index contributed by atoms with van der Waals surface area (Å²) in [6.07, 6.45) is 0.751. The molecule has 0 saturated heterocycles. The molecule has 1 fully saturated rings. The Morgan fingerprint density at radius 2 is 2.00 bits per heavy atom. The van der Waals surface area contributed by atoms with Crippen molar-refractivity contribution in [2.45, 2.75) is 50.6 Å². The van der Waals surface area contributed by atoms with E-state index >= 15 is 0 Å². The fraction of sp³-hybridized carbons (Fsp3) is 0.588. The summed E-state index contributed by atoms with van der Waals surface area (Å²) in [6.45, 7) is 1.76. The predicted octanol–water partition coefficient (Wildman–Crippen LogP) is 3.62. The fourth-order valence-electron chi connectivity index (χ4n) is 2.63. The summed E-state index contributed by atoms with van der Waals surface area (Å²) < 4.78 is 33.0. The number of hydrogen-bond donors (Lipinski definition) is 2. The number of carbonyl (C=O) groups is 1. The van der Waals surface area contributed by atoms with Gasteiger partial charge in [0.1, 0.15) is 11.8 Å². The third kappa shape index (κ3) is 5.46. The lowest BCUT2D eigenvalue weighted by molar-refractivity contribution is -0.143. The Bertz CT molecular complexity index is 529. The number of halogens is 2. The fourth-order valence-corrected chi connectivity index (χ4v) is 2.63. The molecule has 0 spiro atoms.